The van der Waals surface area contributed by atoms with E-state index in [0.717, 1.165) is 45.1 Å². The van der Waals surface area contributed by atoms with Crippen LogP contribution in [-0.2, 0) is 19.1 Å². The monoisotopic (exact) mass is 529 g/mol. The van der Waals surface area contributed by atoms with E-state index in [1.165, 1.54) is 44.3 Å². The summed E-state index contributed by atoms with van der Waals surface area (Å²) in [6, 6.07) is 0. The van der Waals surface area contributed by atoms with Crippen molar-refractivity contribution in [3.05, 3.63) is 0 Å². The first-order valence-corrected chi connectivity index (χ1v) is 15.6. The van der Waals surface area contributed by atoms with Crippen molar-refractivity contribution < 1.29 is 19.1 Å². The third kappa shape index (κ3) is 18.9. The number of thioether (sulfide) groups is 1. The Morgan fingerprint density at radius 3 is 1.58 bits per heavy atom. The highest BCUT2D eigenvalue weighted by Gasteiger charge is 2.13. The van der Waals surface area contributed by atoms with Crippen LogP contribution in [0.1, 0.15) is 97.3 Å². The second kappa shape index (κ2) is 24.1. The van der Waals surface area contributed by atoms with Crippen LogP contribution >= 0.6 is 11.8 Å². The van der Waals surface area contributed by atoms with E-state index in [0.29, 0.717) is 26.1 Å². The highest BCUT2D eigenvalue weighted by molar-refractivity contribution is 7.98. The van der Waals surface area contributed by atoms with E-state index in [2.05, 4.69) is 6.26 Å². The van der Waals surface area contributed by atoms with Gasteiger partial charge in [0, 0.05) is 46.7 Å². The van der Waals surface area contributed by atoms with Gasteiger partial charge in [-0.1, -0.05) is 51.4 Å². The molecule has 0 aliphatic rings. The summed E-state index contributed by atoms with van der Waals surface area (Å²) in [5, 5.41) is 0. The van der Waals surface area contributed by atoms with E-state index in [1.54, 1.807) is 16.8 Å². The Morgan fingerprint density at radius 1 is 0.611 bits per heavy atom. The summed E-state index contributed by atoms with van der Waals surface area (Å²) >= 11 is 1.93. The van der Waals surface area contributed by atoms with Crippen molar-refractivity contribution in [2.45, 2.75) is 97.3 Å². The van der Waals surface area contributed by atoms with Gasteiger partial charge in [0.05, 0.1) is 0 Å². The number of carbonyl (C=O) groups excluding carboxylic acids is 3. The average Bonchev–Trinajstić information content (AvgIpc) is 2.87. The van der Waals surface area contributed by atoms with Crippen LogP contribution in [0.2, 0.25) is 0 Å². The normalized spacial score (nSPS) is 10.9. The van der Waals surface area contributed by atoms with Crippen LogP contribution in [0, 0.1) is 0 Å². The topological polar surface area (TPSA) is 70.2 Å². The van der Waals surface area contributed by atoms with Crippen molar-refractivity contribution in [2.24, 2.45) is 0 Å². The lowest BCUT2D eigenvalue weighted by Gasteiger charge is -2.20. The van der Waals surface area contributed by atoms with Gasteiger partial charge in [-0.15, -0.1) is 0 Å². The lowest BCUT2D eigenvalue weighted by molar-refractivity contribution is -0.141. The fourth-order valence-electron chi connectivity index (χ4n) is 4.08. The molecule has 0 atom stereocenters. The standard InChI is InChI=1S/C28H55N3O4S/c1-6-31(7-2)28(34)25-35-24-27(33)30(4)22-18-14-13-17-21-29(3)26(32)20-16-12-10-8-9-11-15-19-23-36-5/h6-25H2,1-5H3. The van der Waals surface area contributed by atoms with Gasteiger partial charge in [-0.25, -0.2) is 0 Å². The molecule has 0 unspecified atom stereocenters. The van der Waals surface area contributed by atoms with Gasteiger partial charge < -0.3 is 19.4 Å². The molecule has 0 spiro atoms. The number of amides is 3. The zero-order chi connectivity index (χ0) is 27.0. The second-order valence-corrected chi connectivity index (χ2v) is 10.7. The molecule has 0 saturated heterocycles. The summed E-state index contributed by atoms with van der Waals surface area (Å²) in [5.74, 6) is 1.37. The molecular weight excluding hydrogens is 474 g/mol. The summed E-state index contributed by atoms with van der Waals surface area (Å²) in [6.45, 7) is 6.52. The summed E-state index contributed by atoms with van der Waals surface area (Å²) < 4.78 is 5.30. The van der Waals surface area contributed by atoms with Gasteiger partial charge in [0.1, 0.15) is 13.2 Å². The van der Waals surface area contributed by atoms with Crippen LogP contribution in [-0.4, -0.2) is 97.9 Å². The Hall–Kier alpha value is -1.28. The first-order valence-electron chi connectivity index (χ1n) is 14.2. The van der Waals surface area contributed by atoms with Gasteiger partial charge in [0.25, 0.3) is 0 Å². The molecule has 36 heavy (non-hydrogen) atoms. The quantitative estimate of drug-likeness (QED) is 0.160. The number of likely N-dealkylation sites (N-methyl/N-ethyl adjacent to an activating group) is 2. The first kappa shape index (κ1) is 34.7. The molecule has 0 saturated carbocycles. The molecule has 0 N–H and O–H groups in total. The van der Waals surface area contributed by atoms with Crippen LogP contribution in [0.5, 0.6) is 0 Å². The van der Waals surface area contributed by atoms with Gasteiger partial charge in [0.2, 0.25) is 17.7 Å². The van der Waals surface area contributed by atoms with Crippen molar-refractivity contribution in [3.8, 4) is 0 Å². The van der Waals surface area contributed by atoms with E-state index in [1.807, 2.05) is 37.6 Å². The van der Waals surface area contributed by atoms with Gasteiger partial charge >= 0.3 is 0 Å². The third-order valence-corrected chi connectivity index (χ3v) is 7.34. The maximum absolute atomic E-state index is 12.3. The average molecular weight is 530 g/mol. The third-order valence-electron chi connectivity index (χ3n) is 6.64. The predicted molar refractivity (Wildman–Crippen MR) is 152 cm³/mol. The number of hydrogen-bond donors (Lipinski definition) is 0. The van der Waals surface area contributed by atoms with Gasteiger partial charge in [-0.05, 0) is 51.5 Å². The molecule has 0 bridgehead atoms. The maximum atomic E-state index is 12.3. The van der Waals surface area contributed by atoms with Crippen LogP contribution in [0.25, 0.3) is 0 Å². The van der Waals surface area contributed by atoms with Gasteiger partial charge in [-0.2, -0.15) is 11.8 Å². The number of carbonyl (C=O) groups is 3. The van der Waals surface area contributed by atoms with Crippen molar-refractivity contribution in [2.75, 3.05) is 65.5 Å². The Bertz CT molecular complexity index is 573. The molecule has 0 aromatic rings. The Morgan fingerprint density at radius 2 is 1.06 bits per heavy atom. The summed E-state index contributed by atoms with van der Waals surface area (Å²) in [7, 11) is 3.69. The van der Waals surface area contributed by atoms with Crippen LogP contribution in [0.15, 0.2) is 0 Å². The lowest BCUT2D eigenvalue weighted by Crippen LogP contribution is -2.36. The molecule has 0 aromatic heterocycles. The fourth-order valence-corrected chi connectivity index (χ4v) is 4.57. The van der Waals surface area contributed by atoms with Crippen molar-refractivity contribution >= 4 is 29.5 Å². The Balaban J connectivity index is 3.67. The summed E-state index contributed by atoms with van der Waals surface area (Å²) in [5.41, 5.74) is 0. The maximum Gasteiger partial charge on any atom is 0.248 e. The first-order chi connectivity index (χ1) is 17.4. The molecular formula is C28H55N3O4S. The van der Waals surface area contributed by atoms with E-state index in [-0.39, 0.29) is 30.9 Å². The smallest absolute Gasteiger partial charge is 0.248 e. The largest absolute Gasteiger partial charge is 0.362 e. The van der Waals surface area contributed by atoms with Crippen molar-refractivity contribution in [1.82, 2.24) is 14.7 Å². The molecule has 0 aliphatic carbocycles. The molecule has 3 amide bonds. The van der Waals surface area contributed by atoms with Crippen molar-refractivity contribution in [3.63, 3.8) is 0 Å². The summed E-state index contributed by atoms with van der Waals surface area (Å²) in [6.07, 6.45) is 16.9. The fraction of sp³-hybridized carbons (Fsp3) is 0.893. The van der Waals surface area contributed by atoms with E-state index in [9.17, 15) is 14.4 Å². The molecule has 0 heterocycles. The lowest BCUT2D eigenvalue weighted by atomic mass is 10.1. The van der Waals surface area contributed by atoms with Crippen LogP contribution in [0.3, 0.4) is 0 Å². The number of unbranched alkanes of at least 4 members (excludes halogenated alkanes) is 10. The molecule has 212 valence electrons. The second-order valence-electron chi connectivity index (χ2n) is 9.67. The van der Waals surface area contributed by atoms with Gasteiger partial charge in [0.15, 0.2) is 0 Å². The van der Waals surface area contributed by atoms with E-state index >= 15 is 0 Å². The highest BCUT2D eigenvalue weighted by Crippen LogP contribution is 2.12. The van der Waals surface area contributed by atoms with Crippen LogP contribution < -0.4 is 0 Å². The molecule has 7 nitrogen and oxygen atoms in total. The number of rotatable bonds is 24. The van der Waals surface area contributed by atoms with E-state index < -0.39 is 0 Å². The molecule has 8 heteroatoms. The molecule has 0 rings (SSSR count). The SMILES string of the molecule is CCN(CC)C(=O)COCC(=O)N(C)CCCCCCN(C)C(=O)CCCCCCCCCCSC. The molecule has 0 aliphatic heterocycles. The highest BCUT2D eigenvalue weighted by atomic mass is 32.2. The minimum absolute atomic E-state index is 0.0495. The number of ether oxygens (including phenoxy) is 1. The number of hydrogen-bond acceptors (Lipinski definition) is 5. The molecule has 0 radical (unpaired) electrons. The molecule has 0 fully saturated rings. The van der Waals surface area contributed by atoms with Crippen LogP contribution in [0.4, 0.5) is 0 Å². The molecule has 0 aromatic carbocycles. The minimum Gasteiger partial charge on any atom is -0.362 e. The Kier molecular flexibility index (Phi) is 23.2. The van der Waals surface area contributed by atoms with E-state index in [4.69, 9.17) is 4.74 Å². The summed E-state index contributed by atoms with van der Waals surface area (Å²) in [4.78, 5) is 41.6. The zero-order valence-corrected chi connectivity index (χ0v) is 24.8. The minimum atomic E-state index is -0.0983. The zero-order valence-electron chi connectivity index (χ0n) is 24.0. The Labute approximate surface area is 226 Å². The number of nitrogens with zero attached hydrogens (tertiary/aromatic N) is 3. The van der Waals surface area contributed by atoms with Crippen molar-refractivity contribution in [1.29, 1.82) is 0 Å². The van der Waals surface area contributed by atoms with Gasteiger partial charge in [-0.3, -0.25) is 14.4 Å². The predicted octanol–water partition coefficient (Wildman–Crippen LogP) is 5.22.